The van der Waals surface area contributed by atoms with Gasteiger partial charge in [-0.3, -0.25) is 0 Å². The first-order valence-corrected chi connectivity index (χ1v) is 6.46. The SMILES string of the molecule is CC(C)c1nn(C)c(-n2ccc(C3CC3)n2)c1N. The first-order chi connectivity index (χ1) is 8.58. The molecule has 1 saturated carbocycles. The van der Waals surface area contributed by atoms with E-state index in [1.807, 2.05) is 22.6 Å². The predicted molar refractivity (Wildman–Crippen MR) is 70.8 cm³/mol. The first kappa shape index (κ1) is 11.3. The van der Waals surface area contributed by atoms with Crippen molar-refractivity contribution >= 4 is 5.69 Å². The molecular formula is C13H19N5. The van der Waals surface area contributed by atoms with E-state index in [0.29, 0.717) is 11.8 Å². The van der Waals surface area contributed by atoms with Crippen molar-refractivity contribution < 1.29 is 0 Å². The Hall–Kier alpha value is -1.78. The Labute approximate surface area is 107 Å². The van der Waals surface area contributed by atoms with Crippen LogP contribution in [0.15, 0.2) is 12.3 Å². The largest absolute Gasteiger partial charge is 0.394 e. The van der Waals surface area contributed by atoms with Crippen molar-refractivity contribution in [3.8, 4) is 5.82 Å². The first-order valence-electron chi connectivity index (χ1n) is 6.46. The van der Waals surface area contributed by atoms with E-state index in [9.17, 15) is 0 Å². The minimum atomic E-state index is 0.323. The van der Waals surface area contributed by atoms with E-state index >= 15 is 0 Å². The molecular weight excluding hydrogens is 226 g/mol. The minimum absolute atomic E-state index is 0.323. The van der Waals surface area contributed by atoms with Crippen molar-refractivity contribution in [2.24, 2.45) is 7.05 Å². The number of nitrogen functional groups attached to an aromatic ring is 1. The zero-order valence-electron chi connectivity index (χ0n) is 11.1. The number of nitrogens with two attached hydrogens (primary N) is 1. The molecule has 0 unspecified atom stereocenters. The van der Waals surface area contributed by atoms with Crippen LogP contribution >= 0.6 is 0 Å². The molecule has 0 amide bonds. The Morgan fingerprint density at radius 2 is 2.06 bits per heavy atom. The molecule has 5 nitrogen and oxygen atoms in total. The Kier molecular flexibility index (Phi) is 2.43. The molecule has 0 radical (unpaired) electrons. The summed E-state index contributed by atoms with van der Waals surface area (Å²) in [6, 6.07) is 2.08. The van der Waals surface area contributed by atoms with Gasteiger partial charge >= 0.3 is 0 Å². The number of aromatic nitrogens is 4. The fraction of sp³-hybridized carbons (Fsp3) is 0.538. The van der Waals surface area contributed by atoms with Gasteiger partial charge in [0.15, 0.2) is 5.82 Å². The molecule has 18 heavy (non-hydrogen) atoms. The predicted octanol–water partition coefficient (Wildman–Crippen LogP) is 2.19. The second-order valence-electron chi connectivity index (χ2n) is 5.36. The third-order valence-electron chi connectivity index (χ3n) is 3.45. The third-order valence-corrected chi connectivity index (χ3v) is 3.45. The third kappa shape index (κ3) is 1.70. The lowest BCUT2D eigenvalue weighted by Gasteiger charge is -2.03. The minimum Gasteiger partial charge on any atom is -0.394 e. The lowest BCUT2D eigenvalue weighted by molar-refractivity contribution is 0.672. The number of hydrogen-bond acceptors (Lipinski definition) is 3. The van der Waals surface area contributed by atoms with Gasteiger partial charge in [-0.15, -0.1) is 0 Å². The van der Waals surface area contributed by atoms with Gasteiger partial charge in [0.25, 0.3) is 0 Å². The molecule has 0 spiro atoms. The maximum Gasteiger partial charge on any atom is 0.175 e. The molecule has 2 aromatic rings. The van der Waals surface area contributed by atoms with Crippen molar-refractivity contribution in [3.05, 3.63) is 23.7 Å². The summed E-state index contributed by atoms with van der Waals surface area (Å²) in [4.78, 5) is 0. The van der Waals surface area contributed by atoms with Crippen LogP contribution in [-0.4, -0.2) is 19.6 Å². The van der Waals surface area contributed by atoms with E-state index in [1.165, 1.54) is 18.5 Å². The van der Waals surface area contributed by atoms with Crippen LogP contribution in [-0.2, 0) is 7.05 Å². The summed E-state index contributed by atoms with van der Waals surface area (Å²) in [6.45, 7) is 4.20. The van der Waals surface area contributed by atoms with E-state index in [0.717, 1.165) is 17.2 Å². The van der Waals surface area contributed by atoms with E-state index in [1.54, 1.807) is 0 Å². The Bertz CT molecular complexity index is 574. The van der Waals surface area contributed by atoms with Crippen LogP contribution in [0.4, 0.5) is 5.69 Å². The van der Waals surface area contributed by atoms with Crippen molar-refractivity contribution in [2.75, 3.05) is 5.73 Å². The Morgan fingerprint density at radius 1 is 1.33 bits per heavy atom. The number of nitrogens with zero attached hydrogens (tertiary/aromatic N) is 4. The molecule has 1 aliphatic rings. The van der Waals surface area contributed by atoms with E-state index in [4.69, 9.17) is 5.73 Å². The van der Waals surface area contributed by atoms with Gasteiger partial charge in [0.2, 0.25) is 0 Å². The topological polar surface area (TPSA) is 61.7 Å². The number of hydrogen-bond donors (Lipinski definition) is 1. The molecule has 2 N–H and O–H groups in total. The summed E-state index contributed by atoms with van der Waals surface area (Å²) in [5.41, 5.74) is 9.04. The van der Waals surface area contributed by atoms with Crippen LogP contribution in [0.5, 0.6) is 0 Å². The number of rotatable bonds is 3. The van der Waals surface area contributed by atoms with Gasteiger partial charge < -0.3 is 5.73 Å². The molecule has 3 rings (SSSR count). The van der Waals surface area contributed by atoms with Gasteiger partial charge in [-0.2, -0.15) is 10.2 Å². The van der Waals surface area contributed by atoms with Crippen LogP contribution in [0.2, 0.25) is 0 Å². The summed E-state index contributed by atoms with van der Waals surface area (Å²) in [5, 5.41) is 9.10. The fourth-order valence-electron chi connectivity index (χ4n) is 2.30. The van der Waals surface area contributed by atoms with E-state index in [2.05, 4.69) is 30.1 Å². The van der Waals surface area contributed by atoms with Gasteiger partial charge in [-0.1, -0.05) is 13.8 Å². The fourth-order valence-corrected chi connectivity index (χ4v) is 2.30. The van der Waals surface area contributed by atoms with Gasteiger partial charge in [0.05, 0.1) is 11.4 Å². The monoisotopic (exact) mass is 245 g/mol. The van der Waals surface area contributed by atoms with Gasteiger partial charge in [0.1, 0.15) is 5.69 Å². The van der Waals surface area contributed by atoms with Crippen molar-refractivity contribution in [1.82, 2.24) is 19.6 Å². The van der Waals surface area contributed by atoms with Crippen LogP contribution < -0.4 is 5.73 Å². The molecule has 0 aliphatic heterocycles. The van der Waals surface area contributed by atoms with Gasteiger partial charge in [0, 0.05) is 19.2 Å². The molecule has 2 heterocycles. The molecule has 2 aromatic heterocycles. The van der Waals surface area contributed by atoms with Crippen LogP contribution in [0, 0.1) is 0 Å². The molecule has 0 aromatic carbocycles. The molecule has 0 saturated heterocycles. The quantitative estimate of drug-likeness (QED) is 0.901. The average Bonchev–Trinajstić information content (AvgIpc) is 2.98. The highest BCUT2D eigenvalue weighted by Gasteiger charge is 2.26. The Balaban J connectivity index is 2.04. The molecule has 0 bridgehead atoms. The summed E-state index contributed by atoms with van der Waals surface area (Å²) >= 11 is 0. The zero-order chi connectivity index (χ0) is 12.9. The Morgan fingerprint density at radius 3 is 2.61 bits per heavy atom. The van der Waals surface area contributed by atoms with Crippen LogP contribution in [0.1, 0.15) is 49.9 Å². The van der Waals surface area contributed by atoms with Crippen molar-refractivity contribution in [2.45, 2.75) is 38.5 Å². The lowest BCUT2D eigenvalue weighted by atomic mass is 10.1. The molecule has 5 heteroatoms. The molecule has 1 aliphatic carbocycles. The molecule has 96 valence electrons. The standard InChI is InChI=1S/C13H19N5/c1-8(2)12-11(14)13(17(3)16-12)18-7-6-10(15-18)9-4-5-9/h6-9H,4-5,14H2,1-3H3. The van der Waals surface area contributed by atoms with Gasteiger partial charge in [-0.05, 0) is 24.8 Å². The molecule has 0 atom stereocenters. The number of anilines is 1. The summed E-state index contributed by atoms with van der Waals surface area (Å²) in [7, 11) is 1.91. The highest BCUT2D eigenvalue weighted by atomic mass is 15.4. The second-order valence-corrected chi connectivity index (χ2v) is 5.36. The summed E-state index contributed by atoms with van der Waals surface area (Å²) < 4.78 is 3.66. The molecule has 1 fully saturated rings. The maximum atomic E-state index is 6.19. The highest BCUT2D eigenvalue weighted by molar-refractivity contribution is 5.58. The van der Waals surface area contributed by atoms with Crippen LogP contribution in [0.25, 0.3) is 5.82 Å². The normalized spacial score (nSPS) is 15.6. The summed E-state index contributed by atoms with van der Waals surface area (Å²) in [6.07, 6.45) is 4.50. The number of aryl methyl sites for hydroxylation is 1. The zero-order valence-corrected chi connectivity index (χ0v) is 11.1. The lowest BCUT2D eigenvalue weighted by Crippen LogP contribution is -2.06. The van der Waals surface area contributed by atoms with E-state index < -0.39 is 0 Å². The van der Waals surface area contributed by atoms with Crippen molar-refractivity contribution in [1.29, 1.82) is 0 Å². The smallest absolute Gasteiger partial charge is 0.175 e. The second kappa shape index (κ2) is 3.86. The highest BCUT2D eigenvalue weighted by Crippen LogP contribution is 2.39. The maximum absolute atomic E-state index is 6.19. The van der Waals surface area contributed by atoms with Gasteiger partial charge in [-0.25, -0.2) is 9.36 Å². The average molecular weight is 245 g/mol. The van der Waals surface area contributed by atoms with Crippen molar-refractivity contribution in [3.63, 3.8) is 0 Å². The van der Waals surface area contributed by atoms with E-state index in [-0.39, 0.29) is 0 Å². The van der Waals surface area contributed by atoms with Crippen LogP contribution in [0.3, 0.4) is 0 Å². The summed E-state index contributed by atoms with van der Waals surface area (Å²) in [5.74, 6) is 1.85.